The van der Waals surface area contributed by atoms with Gasteiger partial charge in [-0.25, -0.2) is 9.18 Å². The number of methoxy groups -OCH3 is 1. The summed E-state index contributed by atoms with van der Waals surface area (Å²) in [5, 5.41) is 3.82. The molecule has 0 aliphatic heterocycles. The smallest absolute Gasteiger partial charge is 0.346 e. The van der Waals surface area contributed by atoms with E-state index in [2.05, 4.69) is 20.5 Å². The van der Waals surface area contributed by atoms with E-state index in [1.54, 1.807) is 31.4 Å². The molecule has 0 bridgehead atoms. The van der Waals surface area contributed by atoms with Crippen LogP contribution in [0.5, 0.6) is 5.75 Å². The lowest BCUT2D eigenvalue weighted by atomic mass is 10.2. The van der Waals surface area contributed by atoms with Crippen LogP contribution in [0.1, 0.15) is 5.56 Å². The van der Waals surface area contributed by atoms with E-state index < -0.39 is 11.5 Å². The van der Waals surface area contributed by atoms with Gasteiger partial charge in [-0.15, -0.1) is 0 Å². The minimum atomic E-state index is -0.688. The number of nitrogens with zero attached hydrogens (tertiary/aromatic N) is 2. The van der Waals surface area contributed by atoms with Gasteiger partial charge < -0.3 is 4.74 Å². The summed E-state index contributed by atoms with van der Waals surface area (Å²) >= 11 is 0. The van der Waals surface area contributed by atoms with Crippen LogP contribution in [0.15, 0.2) is 40.4 Å². The molecule has 2 aromatic rings. The average molecular weight is 262 g/mol. The van der Waals surface area contributed by atoms with Gasteiger partial charge in [0.2, 0.25) is 0 Å². The number of aromatic amines is 1. The van der Waals surface area contributed by atoms with E-state index in [9.17, 15) is 9.18 Å². The fourth-order valence-corrected chi connectivity index (χ4v) is 1.32. The van der Waals surface area contributed by atoms with Crippen LogP contribution >= 0.6 is 0 Å². The second-order valence-electron chi connectivity index (χ2n) is 3.55. The van der Waals surface area contributed by atoms with Crippen LogP contribution in [0.2, 0.25) is 0 Å². The summed E-state index contributed by atoms with van der Waals surface area (Å²) in [6, 6.07) is 7.12. The first-order valence-electron chi connectivity index (χ1n) is 5.37. The lowest BCUT2D eigenvalue weighted by Gasteiger charge is -2.01. The molecule has 6 nitrogen and oxygen atoms in total. The Kier molecular flexibility index (Phi) is 3.87. The molecule has 7 heteroatoms. The van der Waals surface area contributed by atoms with Crippen molar-refractivity contribution in [2.24, 2.45) is 5.10 Å². The Morgan fingerprint density at radius 1 is 1.42 bits per heavy atom. The molecule has 2 N–H and O–H groups in total. The topological polar surface area (TPSA) is 79.4 Å². The molecule has 0 aliphatic rings. The molecule has 1 heterocycles. The average Bonchev–Trinajstić information content (AvgIpc) is 2.43. The van der Waals surface area contributed by atoms with Gasteiger partial charge in [0.15, 0.2) is 11.6 Å². The fraction of sp³-hybridized carbons (Fsp3) is 0.0833. The maximum atomic E-state index is 13.2. The number of aromatic nitrogens is 2. The molecule has 0 atom stereocenters. The number of H-pyrrole nitrogens is 1. The predicted molar refractivity (Wildman–Crippen MR) is 69.0 cm³/mol. The summed E-state index contributed by atoms with van der Waals surface area (Å²) in [7, 11) is 1.58. The van der Waals surface area contributed by atoms with Gasteiger partial charge in [-0.05, 0) is 29.8 Å². The molecular formula is C12H11FN4O2. The number of hydrogen-bond donors (Lipinski definition) is 2. The third-order valence-electron chi connectivity index (χ3n) is 2.27. The Morgan fingerprint density at radius 3 is 2.84 bits per heavy atom. The zero-order chi connectivity index (χ0) is 13.7. The van der Waals surface area contributed by atoms with Crippen molar-refractivity contribution in [2.75, 3.05) is 12.5 Å². The highest BCUT2D eigenvalue weighted by Gasteiger charge is 2.01. The van der Waals surface area contributed by atoms with Gasteiger partial charge >= 0.3 is 5.69 Å². The van der Waals surface area contributed by atoms with Gasteiger partial charge in [-0.1, -0.05) is 0 Å². The van der Waals surface area contributed by atoms with Gasteiger partial charge in [-0.3, -0.25) is 10.4 Å². The first kappa shape index (κ1) is 12.7. The zero-order valence-electron chi connectivity index (χ0n) is 10.1. The van der Waals surface area contributed by atoms with E-state index >= 15 is 0 Å². The minimum Gasteiger partial charge on any atom is -0.497 e. The molecule has 0 saturated heterocycles. The number of benzene rings is 1. The molecule has 1 aromatic heterocycles. The van der Waals surface area contributed by atoms with E-state index in [-0.39, 0.29) is 5.82 Å². The van der Waals surface area contributed by atoms with Crippen LogP contribution in [0.3, 0.4) is 0 Å². The summed E-state index contributed by atoms with van der Waals surface area (Å²) < 4.78 is 18.2. The minimum absolute atomic E-state index is 0.134. The van der Waals surface area contributed by atoms with E-state index in [1.807, 2.05) is 0 Å². The first-order valence-corrected chi connectivity index (χ1v) is 5.37. The van der Waals surface area contributed by atoms with Crippen LogP contribution < -0.4 is 15.9 Å². The highest BCUT2D eigenvalue weighted by atomic mass is 19.1. The summed E-state index contributed by atoms with van der Waals surface area (Å²) in [6.07, 6.45) is 2.31. The summed E-state index contributed by atoms with van der Waals surface area (Å²) in [5.74, 6) is -0.0918. The summed E-state index contributed by atoms with van der Waals surface area (Å²) in [4.78, 5) is 16.3. The molecule has 0 radical (unpaired) electrons. The molecule has 1 aromatic carbocycles. The Morgan fingerprint density at radius 2 is 2.16 bits per heavy atom. The van der Waals surface area contributed by atoms with Crippen LogP contribution in [0.4, 0.5) is 10.2 Å². The predicted octanol–water partition coefficient (Wildman–Crippen LogP) is 1.36. The highest BCUT2D eigenvalue weighted by molar-refractivity contribution is 5.80. The molecule has 0 unspecified atom stereocenters. The molecule has 0 saturated carbocycles. The molecule has 2 rings (SSSR count). The van der Waals surface area contributed by atoms with Crippen molar-refractivity contribution in [3.8, 4) is 5.75 Å². The third-order valence-corrected chi connectivity index (χ3v) is 2.27. The van der Waals surface area contributed by atoms with Crippen molar-refractivity contribution in [3.05, 3.63) is 52.3 Å². The van der Waals surface area contributed by atoms with Gasteiger partial charge in [0.25, 0.3) is 0 Å². The normalized spacial score (nSPS) is 10.6. The fourth-order valence-electron chi connectivity index (χ4n) is 1.32. The number of hydrogen-bond acceptors (Lipinski definition) is 5. The van der Waals surface area contributed by atoms with Gasteiger partial charge in [0.1, 0.15) is 5.75 Å². The van der Waals surface area contributed by atoms with Crippen molar-refractivity contribution < 1.29 is 9.13 Å². The molecule has 0 aliphatic carbocycles. The monoisotopic (exact) mass is 262 g/mol. The van der Waals surface area contributed by atoms with Crippen molar-refractivity contribution in [1.29, 1.82) is 0 Å². The number of anilines is 1. The number of rotatable bonds is 4. The number of nitrogens with one attached hydrogen (secondary N) is 2. The lowest BCUT2D eigenvalue weighted by Crippen LogP contribution is -2.13. The van der Waals surface area contributed by atoms with Crippen molar-refractivity contribution >= 4 is 12.0 Å². The molecule has 0 amide bonds. The largest absolute Gasteiger partial charge is 0.497 e. The van der Waals surface area contributed by atoms with Crippen LogP contribution in [0, 0.1) is 5.82 Å². The van der Waals surface area contributed by atoms with Crippen LogP contribution in [-0.4, -0.2) is 23.3 Å². The number of halogens is 1. The SMILES string of the molecule is COc1ccc(/C=N\Nc2[nH]c(=O)ncc2F)cc1. The van der Waals surface area contributed by atoms with Gasteiger partial charge in [0, 0.05) is 0 Å². The van der Waals surface area contributed by atoms with Gasteiger partial charge in [0.05, 0.1) is 19.5 Å². The van der Waals surface area contributed by atoms with E-state index in [0.29, 0.717) is 0 Å². The Hall–Kier alpha value is -2.70. The second kappa shape index (κ2) is 5.76. The Labute approximate surface area is 108 Å². The number of hydrazone groups is 1. The third kappa shape index (κ3) is 3.38. The standard InChI is InChI=1S/C12H11FN4O2/c1-19-9-4-2-8(3-5-9)6-15-17-11-10(13)7-14-12(18)16-11/h2-7H,1H3,(H2,14,16,17,18)/b15-6-. The summed E-state index contributed by atoms with van der Waals surface area (Å²) in [6.45, 7) is 0. The van der Waals surface area contributed by atoms with E-state index in [4.69, 9.17) is 4.74 Å². The zero-order valence-corrected chi connectivity index (χ0v) is 10.1. The van der Waals surface area contributed by atoms with Gasteiger partial charge in [-0.2, -0.15) is 10.1 Å². The lowest BCUT2D eigenvalue weighted by molar-refractivity contribution is 0.415. The number of ether oxygens (including phenoxy) is 1. The van der Waals surface area contributed by atoms with E-state index in [0.717, 1.165) is 17.5 Å². The first-order chi connectivity index (χ1) is 9.19. The summed E-state index contributed by atoms with van der Waals surface area (Å²) in [5.41, 5.74) is 2.55. The van der Waals surface area contributed by atoms with Crippen molar-refractivity contribution in [1.82, 2.24) is 9.97 Å². The highest BCUT2D eigenvalue weighted by Crippen LogP contribution is 2.10. The maximum absolute atomic E-state index is 13.2. The maximum Gasteiger partial charge on any atom is 0.346 e. The van der Waals surface area contributed by atoms with Crippen LogP contribution in [-0.2, 0) is 0 Å². The Bertz CT molecular complexity index is 637. The molecule has 0 spiro atoms. The van der Waals surface area contributed by atoms with Crippen LogP contribution in [0.25, 0.3) is 0 Å². The van der Waals surface area contributed by atoms with E-state index in [1.165, 1.54) is 6.21 Å². The molecule has 0 fully saturated rings. The van der Waals surface area contributed by atoms with Crippen molar-refractivity contribution in [2.45, 2.75) is 0 Å². The second-order valence-corrected chi connectivity index (χ2v) is 3.55. The molecule has 19 heavy (non-hydrogen) atoms. The van der Waals surface area contributed by atoms with Crippen molar-refractivity contribution in [3.63, 3.8) is 0 Å². The quantitative estimate of drug-likeness (QED) is 0.644. The Balaban J connectivity index is 2.06. The molecular weight excluding hydrogens is 251 g/mol. The molecule has 98 valence electrons.